The fourth-order valence-corrected chi connectivity index (χ4v) is 7.28. The van der Waals surface area contributed by atoms with Crippen LogP contribution in [0.4, 0.5) is 11.6 Å². The van der Waals surface area contributed by atoms with Crippen LogP contribution in [-0.2, 0) is 41.1 Å². The smallest absolute Gasteiger partial charge is 0.387 e. The number of nitrogens with two attached hydrogens (primary N) is 2. The lowest BCUT2D eigenvalue weighted by atomic mass is 10.1. The SMILES string of the molecule is Nc1ccn([C@H]2C[C@H](OP(=O)(O)O)[C@@H](COP(=O)(O)OP(=O)(O)OC[C@H]3O[C@@H](n4cnc5c(N)ncnc54)[C@H](O)[C@@H]3O)O2)c(=O)n1. The number of anilines is 2. The van der Waals surface area contributed by atoms with Gasteiger partial charge in [-0.25, -0.2) is 33.4 Å². The van der Waals surface area contributed by atoms with Crippen LogP contribution in [-0.4, -0.2) is 103 Å². The van der Waals surface area contributed by atoms with Gasteiger partial charge in [0.15, 0.2) is 17.7 Å². The number of aliphatic hydroxyl groups excluding tert-OH is 2. The molecule has 3 aromatic rings. The van der Waals surface area contributed by atoms with Crippen molar-refractivity contribution < 1.29 is 70.8 Å². The highest BCUT2D eigenvalue weighted by Gasteiger charge is 2.47. The molecule has 0 radical (unpaired) electrons. The van der Waals surface area contributed by atoms with E-state index in [4.69, 9.17) is 30.0 Å². The normalized spacial score (nSPS) is 29.6. The van der Waals surface area contributed by atoms with Crippen LogP contribution in [0.3, 0.4) is 0 Å². The van der Waals surface area contributed by atoms with Gasteiger partial charge in [0, 0.05) is 12.6 Å². The molecule has 0 bridgehead atoms. The zero-order valence-electron chi connectivity index (χ0n) is 22.9. The van der Waals surface area contributed by atoms with Gasteiger partial charge in [-0.1, -0.05) is 0 Å². The van der Waals surface area contributed by atoms with Gasteiger partial charge in [0.05, 0.1) is 19.5 Å². The topological polar surface area (TPSA) is 358 Å². The maximum absolute atomic E-state index is 12.5. The Morgan fingerprint density at radius 1 is 0.935 bits per heavy atom. The van der Waals surface area contributed by atoms with Crippen LogP contribution >= 0.6 is 23.5 Å². The van der Waals surface area contributed by atoms with Crippen molar-refractivity contribution in [2.75, 3.05) is 24.7 Å². The first-order chi connectivity index (χ1) is 21.4. The van der Waals surface area contributed by atoms with Crippen molar-refractivity contribution in [1.82, 2.24) is 29.1 Å². The highest BCUT2D eigenvalue weighted by molar-refractivity contribution is 7.61. The van der Waals surface area contributed by atoms with Gasteiger partial charge in [-0.3, -0.25) is 22.7 Å². The average Bonchev–Trinajstić information content (AvgIpc) is 3.62. The summed E-state index contributed by atoms with van der Waals surface area (Å²) in [5, 5.41) is 20.9. The van der Waals surface area contributed by atoms with Gasteiger partial charge in [0.2, 0.25) is 0 Å². The summed E-state index contributed by atoms with van der Waals surface area (Å²) in [6.45, 7) is -1.94. The number of ether oxygens (including phenoxy) is 2. The van der Waals surface area contributed by atoms with Crippen molar-refractivity contribution in [3.05, 3.63) is 35.4 Å². The fraction of sp³-hybridized carbons (Fsp3) is 0.526. The number of hydrogen-bond donors (Lipinski definition) is 8. The Hall–Kier alpha value is -2.76. The number of nitrogens with zero attached hydrogens (tertiary/aromatic N) is 6. The molecule has 0 saturated carbocycles. The van der Waals surface area contributed by atoms with Crippen molar-refractivity contribution in [3.8, 4) is 0 Å². The van der Waals surface area contributed by atoms with E-state index in [1.165, 1.54) is 23.2 Å². The van der Waals surface area contributed by atoms with Crippen LogP contribution < -0.4 is 17.2 Å². The van der Waals surface area contributed by atoms with Crippen LogP contribution in [0.25, 0.3) is 11.2 Å². The molecule has 0 aromatic carbocycles. The first-order valence-electron chi connectivity index (χ1n) is 12.8. The van der Waals surface area contributed by atoms with Gasteiger partial charge in [-0.05, 0) is 6.07 Å². The number of phosphoric acid groups is 3. The van der Waals surface area contributed by atoms with Crippen LogP contribution in [0.15, 0.2) is 29.7 Å². The molecule has 2 saturated heterocycles. The van der Waals surface area contributed by atoms with E-state index in [9.17, 15) is 48.3 Å². The van der Waals surface area contributed by atoms with Crippen molar-refractivity contribution in [2.24, 2.45) is 0 Å². The zero-order valence-corrected chi connectivity index (χ0v) is 25.6. The van der Waals surface area contributed by atoms with Crippen LogP contribution in [0.2, 0.25) is 0 Å². The summed E-state index contributed by atoms with van der Waals surface area (Å²) >= 11 is 0. The summed E-state index contributed by atoms with van der Waals surface area (Å²) in [7, 11) is -16.1. The first-order valence-corrected chi connectivity index (χ1v) is 17.3. The number of fused-ring (bicyclic) bond motifs is 1. The van der Waals surface area contributed by atoms with Gasteiger partial charge in [0.25, 0.3) is 0 Å². The molecule has 24 nitrogen and oxygen atoms in total. The lowest BCUT2D eigenvalue weighted by Crippen LogP contribution is -2.33. The van der Waals surface area contributed by atoms with Crippen molar-refractivity contribution in [1.29, 1.82) is 0 Å². The molecular weight excluding hydrogens is 689 g/mol. The highest BCUT2D eigenvalue weighted by Crippen LogP contribution is 2.61. The van der Waals surface area contributed by atoms with Crippen molar-refractivity contribution >= 4 is 46.3 Å². The highest BCUT2D eigenvalue weighted by atomic mass is 31.3. The Kier molecular flexibility index (Phi) is 9.80. The minimum Gasteiger partial charge on any atom is -0.387 e. The minimum absolute atomic E-state index is 0.0319. The first kappa shape index (κ1) is 34.6. The molecule has 2 aliphatic heterocycles. The monoisotopic (exact) mass is 716 g/mol. The molecule has 5 rings (SSSR count). The summed E-state index contributed by atoms with van der Waals surface area (Å²) in [5.74, 6) is -0.0851. The fourth-order valence-electron chi connectivity index (χ4n) is 4.62. The lowest BCUT2D eigenvalue weighted by Gasteiger charge is -2.22. The van der Waals surface area contributed by atoms with Gasteiger partial charge in [-0.15, -0.1) is 0 Å². The number of nitrogen functional groups attached to an aromatic ring is 2. The number of aromatic nitrogens is 6. The molecule has 9 atom stereocenters. The Labute approximate surface area is 255 Å². The van der Waals surface area contributed by atoms with E-state index in [2.05, 4.69) is 28.8 Å². The van der Waals surface area contributed by atoms with Crippen LogP contribution in [0.5, 0.6) is 0 Å². The van der Waals surface area contributed by atoms with E-state index in [1.807, 2.05) is 0 Å². The van der Waals surface area contributed by atoms with E-state index >= 15 is 0 Å². The van der Waals surface area contributed by atoms with Gasteiger partial charge in [-0.2, -0.15) is 9.29 Å². The molecule has 2 unspecified atom stereocenters. The number of phosphoric ester groups is 3. The van der Waals surface area contributed by atoms with Crippen molar-refractivity contribution in [3.63, 3.8) is 0 Å². The second kappa shape index (κ2) is 13.0. The molecule has 5 heterocycles. The Bertz CT molecular complexity index is 1790. The van der Waals surface area contributed by atoms with E-state index in [1.54, 1.807) is 0 Å². The van der Waals surface area contributed by atoms with Gasteiger partial charge in [0.1, 0.15) is 54.4 Å². The predicted molar refractivity (Wildman–Crippen MR) is 147 cm³/mol. The summed E-state index contributed by atoms with van der Waals surface area (Å²) in [6.07, 6.45) is -7.22. The van der Waals surface area contributed by atoms with E-state index in [-0.39, 0.29) is 29.2 Å². The quantitative estimate of drug-likeness (QED) is 0.0929. The molecular formula is C19H27N8O16P3. The number of hydrogen-bond acceptors (Lipinski definition) is 18. The van der Waals surface area contributed by atoms with Crippen LogP contribution in [0, 0.1) is 0 Å². The number of rotatable bonds is 12. The molecule has 0 aliphatic carbocycles. The second-order valence-corrected chi connectivity index (χ2v) is 14.0. The maximum Gasteiger partial charge on any atom is 0.481 e. The number of imidazole rings is 1. The second-order valence-electron chi connectivity index (χ2n) is 9.78. The summed E-state index contributed by atoms with van der Waals surface area (Å²) in [5.41, 5.74) is 10.6. The molecule has 0 amide bonds. The lowest BCUT2D eigenvalue weighted by molar-refractivity contribution is -0.0516. The zero-order chi connectivity index (χ0) is 33.6. The number of aliphatic hydroxyl groups is 2. The molecule has 3 aromatic heterocycles. The molecule has 27 heteroatoms. The molecule has 46 heavy (non-hydrogen) atoms. The Balaban J connectivity index is 1.19. The summed E-state index contributed by atoms with van der Waals surface area (Å²) in [4.78, 5) is 66.1. The third kappa shape index (κ3) is 7.85. The molecule has 254 valence electrons. The standard InChI is InChI=1S/C19H27N8O16P3/c20-11-1-2-26(19(30)25-11)12-3-8(42-44(31,32)33)9(40-12)4-38-45(34,35)43-46(36,37)39-5-10-14(28)15(29)18(41-10)27-7-24-13-16(21)22-6-23-17(13)27/h1-2,6-10,12,14-15,18,28-29H,3-5H2,(H,34,35)(H,36,37)(H2,20,25,30)(H2,21,22,23)(H2,31,32,33)/t8-,9+,10+,12+,14+,15+,18+/m0/s1. The molecule has 0 spiro atoms. The van der Waals surface area contributed by atoms with Gasteiger partial charge >= 0.3 is 29.2 Å². The largest absolute Gasteiger partial charge is 0.481 e. The minimum atomic E-state index is -5.48. The molecule has 2 fully saturated rings. The van der Waals surface area contributed by atoms with Crippen LogP contribution in [0.1, 0.15) is 18.9 Å². The maximum atomic E-state index is 12.5. The summed E-state index contributed by atoms with van der Waals surface area (Å²) in [6, 6.07) is 1.24. The third-order valence-electron chi connectivity index (χ3n) is 6.62. The molecule has 2 aliphatic rings. The Morgan fingerprint density at radius 3 is 2.26 bits per heavy atom. The van der Waals surface area contributed by atoms with Gasteiger partial charge < -0.3 is 50.7 Å². The van der Waals surface area contributed by atoms with E-state index in [0.29, 0.717) is 0 Å². The Morgan fingerprint density at radius 2 is 1.61 bits per heavy atom. The molecule has 10 N–H and O–H groups in total. The van der Waals surface area contributed by atoms with Crippen molar-refractivity contribution in [2.45, 2.75) is 49.4 Å². The third-order valence-corrected chi connectivity index (χ3v) is 9.77. The summed E-state index contributed by atoms with van der Waals surface area (Å²) < 4.78 is 68.0. The average molecular weight is 716 g/mol. The van der Waals surface area contributed by atoms with E-state index < -0.39 is 85.3 Å². The predicted octanol–water partition coefficient (Wildman–Crippen LogP) is -2.12. The van der Waals surface area contributed by atoms with E-state index in [0.717, 1.165) is 10.9 Å².